The van der Waals surface area contributed by atoms with Crippen molar-refractivity contribution in [3.8, 4) is 0 Å². The van der Waals surface area contributed by atoms with E-state index in [0.29, 0.717) is 0 Å². The molecule has 14 heavy (non-hydrogen) atoms. The fourth-order valence-corrected chi connectivity index (χ4v) is 0.924. The highest BCUT2D eigenvalue weighted by molar-refractivity contribution is 5.75. The fraction of sp³-hybridized carbons (Fsp3) is 0.750. The van der Waals surface area contributed by atoms with Gasteiger partial charge >= 0.3 is 11.9 Å². The smallest absolute Gasteiger partial charge is 0.320 e. The third-order valence-electron chi connectivity index (χ3n) is 1.65. The van der Waals surface area contributed by atoms with Crippen molar-refractivity contribution < 1.29 is 24.2 Å². The van der Waals surface area contributed by atoms with Crippen LogP contribution in [-0.4, -0.2) is 41.4 Å². The van der Waals surface area contributed by atoms with Crippen LogP contribution in [-0.2, 0) is 9.59 Å². The van der Waals surface area contributed by atoms with Gasteiger partial charge in [0.15, 0.2) is 0 Å². The molecule has 0 aliphatic carbocycles. The summed E-state index contributed by atoms with van der Waals surface area (Å²) in [6.45, 7) is -0.272. The second-order valence-electron chi connectivity index (χ2n) is 2.82. The summed E-state index contributed by atoms with van der Waals surface area (Å²) in [5.74, 6) is -2.14. The van der Waals surface area contributed by atoms with E-state index in [9.17, 15) is 14.0 Å². The first-order chi connectivity index (χ1) is 6.57. The van der Waals surface area contributed by atoms with Crippen LogP contribution in [0, 0.1) is 0 Å². The van der Waals surface area contributed by atoms with E-state index in [-0.39, 0.29) is 25.8 Å². The van der Waals surface area contributed by atoms with Gasteiger partial charge in [0.1, 0.15) is 6.04 Å². The molecule has 0 aromatic heterocycles. The lowest BCUT2D eigenvalue weighted by atomic mass is 10.1. The van der Waals surface area contributed by atoms with Crippen LogP contribution in [0.1, 0.15) is 19.3 Å². The predicted molar refractivity (Wildman–Crippen MR) is 46.9 cm³/mol. The van der Waals surface area contributed by atoms with Gasteiger partial charge in [-0.05, 0) is 19.4 Å². The normalized spacial score (nSPS) is 12.4. The summed E-state index contributed by atoms with van der Waals surface area (Å²) >= 11 is 0. The number of rotatable bonds is 8. The topological polar surface area (TPSA) is 86.6 Å². The van der Waals surface area contributed by atoms with E-state index >= 15 is 0 Å². The van der Waals surface area contributed by atoms with E-state index in [1.165, 1.54) is 0 Å². The molecule has 0 spiro atoms. The number of alkyl halides is 1. The molecule has 3 N–H and O–H groups in total. The molecule has 0 fully saturated rings. The molecule has 5 nitrogen and oxygen atoms in total. The number of halogens is 1. The summed E-state index contributed by atoms with van der Waals surface area (Å²) in [7, 11) is 0. The number of aliphatic carboxylic acids is 2. The minimum absolute atomic E-state index is 0.0109. The van der Waals surface area contributed by atoms with Crippen molar-refractivity contribution in [3.05, 3.63) is 0 Å². The van der Waals surface area contributed by atoms with Gasteiger partial charge < -0.3 is 15.5 Å². The zero-order chi connectivity index (χ0) is 11.0. The van der Waals surface area contributed by atoms with E-state index in [0.717, 1.165) is 0 Å². The van der Waals surface area contributed by atoms with Gasteiger partial charge in [0, 0.05) is 6.42 Å². The minimum Gasteiger partial charge on any atom is -0.481 e. The van der Waals surface area contributed by atoms with E-state index in [2.05, 4.69) is 5.32 Å². The van der Waals surface area contributed by atoms with Crippen LogP contribution in [0.15, 0.2) is 0 Å². The first-order valence-corrected chi connectivity index (χ1v) is 4.32. The van der Waals surface area contributed by atoms with Gasteiger partial charge in [-0.3, -0.25) is 14.0 Å². The third kappa shape index (κ3) is 6.36. The zero-order valence-corrected chi connectivity index (χ0v) is 7.70. The summed E-state index contributed by atoms with van der Waals surface area (Å²) in [4.78, 5) is 20.7. The number of nitrogens with one attached hydrogen (secondary N) is 1. The average molecular weight is 207 g/mol. The van der Waals surface area contributed by atoms with Crippen LogP contribution in [0.3, 0.4) is 0 Å². The highest BCUT2D eigenvalue weighted by Crippen LogP contribution is 1.98. The van der Waals surface area contributed by atoms with Crippen LogP contribution in [0.5, 0.6) is 0 Å². The van der Waals surface area contributed by atoms with Crippen molar-refractivity contribution in [2.24, 2.45) is 0 Å². The third-order valence-corrected chi connectivity index (χ3v) is 1.65. The average Bonchev–Trinajstić information content (AvgIpc) is 2.10. The lowest BCUT2D eigenvalue weighted by molar-refractivity contribution is -0.140. The van der Waals surface area contributed by atoms with E-state index in [1.54, 1.807) is 0 Å². The van der Waals surface area contributed by atoms with Gasteiger partial charge in [0.05, 0.1) is 6.67 Å². The molecule has 1 atom stereocenters. The number of carbonyl (C=O) groups is 2. The molecule has 0 heterocycles. The van der Waals surface area contributed by atoms with Gasteiger partial charge in [0.2, 0.25) is 0 Å². The molecule has 0 saturated carbocycles. The Kier molecular flexibility index (Phi) is 6.65. The van der Waals surface area contributed by atoms with Crippen LogP contribution < -0.4 is 5.32 Å². The molecule has 0 saturated heterocycles. The molecule has 82 valence electrons. The van der Waals surface area contributed by atoms with Crippen LogP contribution >= 0.6 is 0 Å². The highest BCUT2D eigenvalue weighted by Gasteiger charge is 2.17. The largest absolute Gasteiger partial charge is 0.481 e. The zero-order valence-electron chi connectivity index (χ0n) is 7.70. The van der Waals surface area contributed by atoms with Gasteiger partial charge in [0.25, 0.3) is 0 Å². The summed E-state index contributed by atoms with van der Waals surface area (Å²) in [5, 5.41) is 19.5. The van der Waals surface area contributed by atoms with Crippen molar-refractivity contribution in [3.63, 3.8) is 0 Å². The van der Waals surface area contributed by atoms with Gasteiger partial charge in [-0.15, -0.1) is 0 Å². The molecule has 0 unspecified atom stereocenters. The Morgan fingerprint density at radius 3 is 2.43 bits per heavy atom. The molecular weight excluding hydrogens is 193 g/mol. The molecule has 0 aromatic rings. The van der Waals surface area contributed by atoms with Crippen molar-refractivity contribution >= 4 is 11.9 Å². The Morgan fingerprint density at radius 1 is 1.36 bits per heavy atom. The molecule has 0 radical (unpaired) electrons. The lowest BCUT2D eigenvalue weighted by Gasteiger charge is -2.12. The van der Waals surface area contributed by atoms with Crippen molar-refractivity contribution in [2.45, 2.75) is 25.3 Å². The van der Waals surface area contributed by atoms with Gasteiger partial charge in [-0.2, -0.15) is 0 Å². The van der Waals surface area contributed by atoms with E-state index < -0.39 is 24.7 Å². The predicted octanol–water partition coefficient (Wildman–Crippen LogP) is 0.254. The number of carboxylic acids is 2. The number of hydrogen-bond donors (Lipinski definition) is 3. The summed E-state index contributed by atoms with van der Waals surface area (Å²) in [6.07, 6.45) is 0.0351. The molecule has 0 aromatic carbocycles. The number of carboxylic acid groups (broad SMARTS) is 2. The second kappa shape index (κ2) is 7.25. The van der Waals surface area contributed by atoms with Crippen LogP contribution in [0.2, 0.25) is 0 Å². The maximum atomic E-state index is 11.7. The van der Waals surface area contributed by atoms with Crippen molar-refractivity contribution in [2.75, 3.05) is 13.2 Å². The maximum absolute atomic E-state index is 11.7. The summed E-state index contributed by atoms with van der Waals surface area (Å²) in [5.41, 5.74) is 0. The van der Waals surface area contributed by atoms with Crippen molar-refractivity contribution in [1.82, 2.24) is 5.32 Å². The minimum atomic E-state index is -1.11. The maximum Gasteiger partial charge on any atom is 0.320 e. The molecule has 0 aliphatic heterocycles. The summed E-state index contributed by atoms with van der Waals surface area (Å²) < 4.78 is 11.7. The Labute approximate surface area is 80.9 Å². The lowest BCUT2D eigenvalue weighted by Crippen LogP contribution is -2.37. The molecular formula is C8H14FNO4. The Morgan fingerprint density at radius 2 is 2.00 bits per heavy atom. The Hall–Kier alpha value is -1.17. The fourth-order valence-electron chi connectivity index (χ4n) is 0.924. The molecule has 0 aliphatic rings. The SMILES string of the molecule is O=C(O)CC[C@H](NCCCF)C(=O)O. The Bertz CT molecular complexity index is 198. The van der Waals surface area contributed by atoms with Gasteiger partial charge in [-0.1, -0.05) is 0 Å². The second-order valence-corrected chi connectivity index (χ2v) is 2.82. The molecule has 0 rings (SSSR count). The quantitative estimate of drug-likeness (QED) is 0.497. The Balaban J connectivity index is 3.78. The van der Waals surface area contributed by atoms with Crippen LogP contribution in [0.25, 0.3) is 0 Å². The van der Waals surface area contributed by atoms with Crippen molar-refractivity contribution in [1.29, 1.82) is 0 Å². The number of hydrogen-bond acceptors (Lipinski definition) is 3. The highest BCUT2D eigenvalue weighted by atomic mass is 19.1. The monoisotopic (exact) mass is 207 g/mol. The van der Waals surface area contributed by atoms with E-state index in [4.69, 9.17) is 10.2 Å². The first kappa shape index (κ1) is 12.8. The molecule has 0 bridgehead atoms. The summed E-state index contributed by atoms with van der Waals surface area (Å²) in [6, 6.07) is -0.905. The first-order valence-electron chi connectivity index (χ1n) is 4.32. The van der Waals surface area contributed by atoms with Crippen LogP contribution in [0.4, 0.5) is 4.39 Å². The standard InChI is InChI=1S/C8H14FNO4/c9-4-1-5-10-6(8(13)14)2-3-7(11)12/h6,10H,1-5H2,(H,11,12)(H,13,14)/t6-/m0/s1. The van der Waals surface area contributed by atoms with E-state index in [1.807, 2.05) is 0 Å². The van der Waals surface area contributed by atoms with Gasteiger partial charge in [-0.25, -0.2) is 0 Å². The molecule has 0 amide bonds. The molecule has 6 heteroatoms.